The molecule has 2 heterocycles. The quantitative estimate of drug-likeness (QED) is 0.753. The van der Waals surface area contributed by atoms with Gasteiger partial charge in [0.15, 0.2) is 0 Å². The third kappa shape index (κ3) is 2.80. The van der Waals surface area contributed by atoms with Crippen molar-refractivity contribution in [2.45, 2.75) is 12.8 Å². The van der Waals surface area contributed by atoms with Crippen LogP contribution in [0.25, 0.3) is 10.8 Å². The highest BCUT2D eigenvalue weighted by Crippen LogP contribution is 2.37. The van der Waals surface area contributed by atoms with E-state index in [2.05, 4.69) is 10.2 Å². The van der Waals surface area contributed by atoms with Crippen LogP contribution in [0, 0.1) is 0 Å². The van der Waals surface area contributed by atoms with Crippen molar-refractivity contribution in [2.75, 3.05) is 34.8 Å². The van der Waals surface area contributed by atoms with E-state index in [1.165, 1.54) is 18.5 Å². The summed E-state index contributed by atoms with van der Waals surface area (Å²) < 4.78 is 0. The van der Waals surface area contributed by atoms with Crippen LogP contribution in [-0.2, 0) is 4.79 Å². The summed E-state index contributed by atoms with van der Waals surface area (Å²) in [6.45, 7) is 2.18. The second-order valence-corrected chi connectivity index (χ2v) is 7.36. The van der Waals surface area contributed by atoms with E-state index in [9.17, 15) is 9.59 Å². The molecule has 5 nitrogen and oxygen atoms in total. The Morgan fingerprint density at radius 1 is 0.929 bits per heavy atom. The van der Waals surface area contributed by atoms with Crippen LogP contribution in [0.15, 0.2) is 60.7 Å². The van der Waals surface area contributed by atoms with E-state index in [1.807, 2.05) is 60.7 Å². The molecule has 5 heteroatoms. The fourth-order valence-corrected chi connectivity index (χ4v) is 4.21. The first-order valence-corrected chi connectivity index (χ1v) is 9.69. The molecule has 0 aromatic heterocycles. The number of carbonyl (C=O) groups is 2. The minimum absolute atomic E-state index is 0.000499. The molecular formula is C23H21N3O2. The van der Waals surface area contributed by atoms with E-state index >= 15 is 0 Å². The second kappa shape index (κ2) is 6.68. The van der Waals surface area contributed by atoms with E-state index in [1.54, 1.807) is 4.90 Å². The van der Waals surface area contributed by atoms with Gasteiger partial charge < -0.3 is 10.2 Å². The zero-order chi connectivity index (χ0) is 19.1. The normalized spacial score (nSPS) is 15.5. The Hall–Kier alpha value is -3.34. The summed E-state index contributed by atoms with van der Waals surface area (Å²) in [7, 11) is 0. The molecule has 0 bridgehead atoms. The fourth-order valence-electron chi connectivity index (χ4n) is 4.21. The first kappa shape index (κ1) is 16.8. The summed E-state index contributed by atoms with van der Waals surface area (Å²) in [5.74, 6) is -0.321. The molecule has 1 fully saturated rings. The highest BCUT2D eigenvalue weighted by atomic mass is 16.2. The molecule has 140 valence electrons. The molecule has 0 spiro atoms. The largest absolute Gasteiger partial charge is 0.372 e. The van der Waals surface area contributed by atoms with Crippen molar-refractivity contribution in [3.05, 3.63) is 66.2 Å². The first-order chi connectivity index (χ1) is 13.7. The molecule has 3 aromatic rings. The number of amides is 2. The molecule has 5 rings (SSSR count). The topological polar surface area (TPSA) is 52.7 Å². The standard InChI is InChI=1S/C23H21N3O2/c27-21(24-17-9-11-18(12-10-17)25-13-1-2-14-25)15-26-20-8-4-6-16-5-3-7-19(22(16)20)23(26)28/h3-12H,1-2,13-15H2,(H,24,27). The first-order valence-electron chi connectivity index (χ1n) is 9.69. The lowest BCUT2D eigenvalue weighted by molar-refractivity contribution is -0.114. The van der Waals surface area contributed by atoms with Gasteiger partial charge in [-0.05, 0) is 54.6 Å². The van der Waals surface area contributed by atoms with Gasteiger partial charge in [0.2, 0.25) is 5.91 Å². The average molecular weight is 371 g/mol. The van der Waals surface area contributed by atoms with Gasteiger partial charge in [0.05, 0.1) is 5.69 Å². The van der Waals surface area contributed by atoms with Crippen molar-refractivity contribution in [1.82, 2.24) is 0 Å². The Morgan fingerprint density at radius 3 is 2.39 bits per heavy atom. The van der Waals surface area contributed by atoms with Gasteiger partial charge in [-0.1, -0.05) is 24.3 Å². The lowest BCUT2D eigenvalue weighted by Gasteiger charge is -2.19. The molecule has 0 saturated carbocycles. The van der Waals surface area contributed by atoms with Crippen LogP contribution in [-0.4, -0.2) is 31.4 Å². The van der Waals surface area contributed by atoms with E-state index < -0.39 is 0 Å². The van der Waals surface area contributed by atoms with Gasteiger partial charge in [-0.3, -0.25) is 14.5 Å². The molecule has 1 saturated heterocycles. The van der Waals surface area contributed by atoms with Crippen molar-refractivity contribution < 1.29 is 9.59 Å². The Labute approximate surface area is 163 Å². The molecule has 28 heavy (non-hydrogen) atoms. The van der Waals surface area contributed by atoms with E-state index in [0.29, 0.717) is 5.56 Å². The van der Waals surface area contributed by atoms with Crippen LogP contribution in [0.1, 0.15) is 23.2 Å². The third-order valence-electron chi connectivity index (χ3n) is 5.57. The number of carbonyl (C=O) groups excluding carboxylic acids is 2. The van der Waals surface area contributed by atoms with Gasteiger partial charge in [-0.15, -0.1) is 0 Å². The molecule has 2 aliphatic rings. The number of nitrogens with one attached hydrogen (secondary N) is 1. The summed E-state index contributed by atoms with van der Waals surface area (Å²) in [5.41, 5.74) is 3.40. The zero-order valence-corrected chi connectivity index (χ0v) is 15.5. The molecule has 2 aliphatic heterocycles. The highest BCUT2D eigenvalue weighted by Gasteiger charge is 2.30. The van der Waals surface area contributed by atoms with Crippen LogP contribution in [0.4, 0.5) is 17.1 Å². The Bertz CT molecular complexity index is 1060. The van der Waals surface area contributed by atoms with Gasteiger partial charge >= 0.3 is 0 Å². The summed E-state index contributed by atoms with van der Waals surface area (Å²) in [6.07, 6.45) is 2.47. The van der Waals surface area contributed by atoms with Gasteiger partial charge in [-0.25, -0.2) is 0 Å². The Morgan fingerprint density at radius 2 is 1.64 bits per heavy atom. The SMILES string of the molecule is O=C(CN1C(=O)c2cccc3cccc1c23)Nc1ccc(N2CCCC2)cc1. The number of hydrogen-bond donors (Lipinski definition) is 1. The monoisotopic (exact) mass is 371 g/mol. The summed E-state index contributed by atoms with van der Waals surface area (Å²) in [5, 5.41) is 4.86. The maximum absolute atomic E-state index is 12.8. The van der Waals surface area contributed by atoms with Crippen molar-refractivity contribution in [1.29, 1.82) is 0 Å². The molecule has 0 unspecified atom stereocenters. The van der Waals surface area contributed by atoms with Gasteiger partial charge in [-0.2, -0.15) is 0 Å². The number of hydrogen-bond acceptors (Lipinski definition) is 3. The lowest BCUT2D eigenvalue weighted by Crippen LogP contribution is -2.35. The summed E-state index contributed by atoms with van der Waals surface area (Å²) >= 11 is 0. The van der Waals surface area contributed by atoms with Crippen LogP contribution >= 0.6 is 0 Å². The Balaban J connectivity index is 1.31. The van der Waals surface area contributed by atoms with Crippen molar-refractivity contribution >= 4 is 39.6 Å². The highest BCUT2D eigenvalue weighted by molar-refractivity contribution is 6.26. The maximum atomic E-state index is 12.8. The molecule has 1 N–H and O–H groups in total. The van der Waals surface area contributed by atoms with Gasteiger partial charge in [0.1, 0.15) is 6.54 Å². The summed E-state index contributed by atoms with van der Waals surface area (Å²) in [6, 6.07) is 19.4. The minimum Gasteiger partial charge on any atom is -0.372 e. The smallest absolute Gasteiger partial charge is 0.259 e. The lowest BCUT2D eigenvalue weighted by atomic mass is 10.1. The van der Waals surface area contributed by atoms with Crippen molar-refractivity contribution in [3.63, 3.8) is 0 Å². The van der Waals surface area contributed by atoms with Crippen LogP contribution < -0.4 is 15.1 Å². The van der Waals surface area contributed by atoms with Gasteiger partial charge in [0.25, 0.3) is 5.91 Å². The maximum Gasteiger partial charge on any atom is 0.259 e. The number of benzene rings is 3. The molecular weight excluding hydrogens is 350 g/mol. The minimum atomic E-state index is -0.202. The third-order valence-corrected chi connectivity index (χ3v) is 5.57. The van der Waals surface area contributed by atoms with Crippen molar-refractivity contribution in [3.8, 4) is 0 Å². The van der Waals surface area contributed by atoms with Crippen LogP contribution in [0.3, 0.4) is 0 Å². The fraction of sp³-hybridized carbons (Fsp3) is 0.217. The molecule has 0 atom stereocenters. The van der Waals surface area contributed by atoms with Crippen molar-refractivity contribution in [2.24, 2.45) is 0 Å². The number of anilines is 3. The number of nitrogens with zero attached hydrogens (tertiary/aromatic N) is 2. The van der Waals surface area contributed by atoms with E-state index in [4.69, 9.17) is 0 Å². The number of rotatable bonds is 4. The summed E-state index contributed by atoms with van der Waals surface area (Å²) in [4.78, 5) is 29.3. The predicted octanol–water partition coefficient (Wildman–Crippen LogP) is 4.04. The Kier molecular flexibility index (Phi) is 4.01. The molecule has 3 aromatic carbocycles. The molecule has 0 aliphatic carbocycles. The van der Waals surface area contributed by atoms with Gasteiger partial charge in [0, 0.05) is 35.4 Å². The predicted molar refractivity (Wildman–Crippen MR) is 112 cm³/mol. The van der Waals surface area contributed by atoms with Crippen LogP contribution in [0.2, 0.25) is 0 Å². The zero-order valence-electron chi connectivity index (χ0n) is 15.5. The average Bonchev–Trinajstić information content (AvgIpc) is 3.34. The van der Waals surface area contributed by atoms with Crippen LogP contribution in [0.5, 0.6) is 0 Å². The second-order valence-electron chi connectivity index (χ2n) is 7.36. The van der Waals surface area contributed by atoms with E-state index in [0.717, 1.165) is 35.2 Å². The molecule has 2 amide bonds. The molecule has 0 radical (unpaired) electrons. The van der Waals surface area contributed by atoms with E-state index in [-0.39, 0.29) is 18.4 Å².